The maximum atomic E-state index is 11.2. The van der Waals surface area contributed by atoms with Gasteiger partial charge in [0.1, 0.15) is 12.4 Å². The average Bonchev–Trinajstić information content (AvgIpc) is 2.99. The Labute approximate surface area is 242 Å². The Hall–Kier alpha value is -4.19. The second-order valence-electron chi connectivity index (χ2n) is 11.1. The number of pyridine rings is 1. The number of nitrogens with one attached hydrogen (secondary N) is 1. The van der Waals surface area contributed by atoms with E-state index in [9.17, 15) is 5.11 Å². The van der Waals surface area contributed by atoms with Gasteiger partial charge in [-0.2, -0.15) is 0 Å². The van der Waals surface area contributed by atoms with Crippen molar-refractivity contribution in [1.29, 1.82) is 0 Å². The summed E-state index contributed by atoms with van der Waals surface area (Å²) in [6.07, 6.45) is 2.27. The number of aromatic nitrogens is 1. The first-order valence-electron chi connectivity index (χ1n) is 14.5. The van der Waals surface area contributed by atoms with Crippen LogP contribution >= 0.6 is 0 Å². The van der Waals surface area contributed by atoms with E-state index >= 15 is 0 Å². The Balaban J connectivity index is 1.14. The summed E-state index contributed by atoms with van der Waals surface area (Å²) in [4.78, 5) is 7.08. The SMILES string of the molecule is Cc1cc(Nc2cc(OCCN3CCC(O)(Cc4ccccc4)CC3)cc(-c3ccccc3)c2)c2ccccc2n1. The van der Waals surface area contributed by atoms with Crippen LogP contribution in [0.5, 0.6) is 5.75 Å². The standard InChI is InChI=1S/C36H37N3O2/c1-27-22-35(33-14-8-9-15-34(33)37-27)38-31-23-30(29-12-6-3-7-13-29)24-32(25-31)41-21-20-39-18-16-36(40,17-19-39)26-28-10-4-2-5-11-28/h2-15,22-25,40H,16-21,26H2,1H3,(H,37,38). The molecule has 0 unspecified atom stereocenters. The van der Waals surface area contributed by atoms with Crippen LogP contribution in [-0.4, -0.2) is 46.8 Å². The lowest BCUT2D eigenvalue weighted by molar-refractivity contribution is -0.0226. The van der Waals surface area contributed by atoms with Crippen molar-refractivity contribution in [3.63, 3.8) is 0 Å². The fourth-order valence-electron chi connectivity index (χ4n) is 5.76. The van der Waals surface area contributed by atoms with Crippen LogP contribution in [0.1, 0.15) is 24.1 Å². The molecule has 0 saturated carbocycles. The summed E-state index contributed by atoms with van der Waals surface area (Å²) in [5, 5.41) is 15.9. The summed E-state index contributed by atoms with van der Waals surface area (Å²) in [7, 11) is 0. The number of hydrogen-bond donors (Lipinski definition) is 2. The molecule has 0 atom stereocenters. The summed E-state index contributed by atoms with van der Waals surface area (Å²) >= 11 is 0. The molecule has 1 aliphatic heterocycles. The molecule has 0 aliphatic carbocycles. The average molecular weight is 544 g/mol. The number of para-hydroxylation sites is 1. The maximum absolute atomic E-state index is 11.2. The van der Waals surface area contributed by atoms with E-state index in [2.05, 4.69) is 76.9 Å². The van der Waals surface area contributed by atoms with Gasteiger partial charge in [-0.25, -0.2) is 0 Å². The number of benzene rings is 4. The molecule has 5 aromatic rings. The number of aryl methyl sites for hydroxylation is 1. The van der Waals surface area contributed by atoms with Gasteiger partial charge in [-0.05, 0) is 60.7 Å². The quantitative estimate of drug-likeness (QED) is 0.203. The zero-order valence-corrected chi connectivity index (χ0v) is 23.6. The lowest BCUT2D eigenvalue weighted by Gasteiger charge is -2.38. The number of rotatable bonds is 9. The number of piperidine rings is 1. The maximum Gasteiger partial charge on any atom is 0.122 e. The number of likely N-dealkylation sites (tertiary alicyclic amines) is 1. The molecule has 208 valence electrons. The van der Waals surface area contributed by atoms with Crippen LogP contribution in [0, 0.1) is 6.92 Å². The van der Waals surface area contributed by atoms with E-state index in [0.717, 1.165) is 77.3 Å². The molecule has 0 bridgehead atoms. The van der Waals surface area contributed by atoms with Crippen LogP contribution in [0.15, 0.2) is 109 Å². The van der Waals surface area contributed by atoms with Gasteiger partial charge in [-0.1, -0.05) is 78.9 Å². The molecule has 5 nitrogen and oxygen atoms in total. The van der Waals surface area contributed by atoms with Crippen molar-refractivity contribution in [3.8, 4) is 16.9 Å². The second-order valence-corrected chi connectivity index (χ2v) is 11.1. The monoisotopic (exact) mass is 543 g/mol. The van der Waals surface area contributed by atoms with Crippen molar-refractivity contribution in [2.75, 3.05) is 31.6 Å². The number of fused-ring (bicyclic) bond motifs is 1. The van der Waals surface area contributed by atoms with Gasteiger partial charge in [-0.15, -0.1) is 0 Å². The zero-order valence-electron chi connectivity index (χ0n) is 23.6. The molecule has 4 aromatic carbocycles. The van der Waals surface area contributed by atoms with Crippen LogP contribution < -0.4 is 10.1 Å². The second kappa shape index (κ2) is 12.1. The van der Waals surface area contributed by atoms with Crippen LogP contribution in [0.3, 0.4) is 0 Å². The third kappa shape index (κ3) is 6.76. The van der Waals surface area contributed by atoms with E-state index in [0.29, 0.717) is 13.0 Å². The van der Waals surface area contributed by atoms with Gasteiger partial charge in [0, 0.05) is 54.6 Å². The van der Waals surface area contributed by atoms with E-state index in [4.69, 9.17) is 9.72 Å². The molecule has 0 spiro atoms. The fraction of sp³-hybridized carbons (Fsp3) is 0.250. The zero-order chi connectivity index (χ0) is 28.1. The van der Waals surface area contributed by atoms with Crippen LogP contribution in [0.4, 0.5) is 11.4 Å². The van der Waals surface area contributed by atoms with Crippen LogP contribution in [0.25, 0.3) is 22.0 Å². The van der Waals surface area contributed by atoms with Crippen molar-refractivity contribution in [3.05, 3.63) is 120 Å². The van der Waals surface area contributed by atoms with Gasteiger partial charge in [0.15, 0.2) is 0 Å². The predicted octanol–water partition coefficient (Wildman–Crippen LogP) is 7.40. The number of hydrogen-bond acceptors (Lipinski definition) is 5. The Kier molecular flexibility index (Phi) is 7.99. The molecule has 2 heterocycles. The molecule has 6 rings (SSSR count). The highest BCUT2D eigenvalue weighted by molar-refractivity contribution is 5.93. The summed E-state index contributed by atoms with van der Waals surface area (Å²) in [6, 6.07) is 37.4. The molecule has 1 saturated heterocycles. The number of ether oxygens (including phenoxy) is 1. The topological polar surface area (TPSA) is 57.6 Å². The minimum atomic E-state index is -0.626. The van der Waals surface area contributed by atoms with Crippen LogP contribution in [0.2, 0.25) is 0 Å². The molecule has 1 aliphatic rings. The van der Waals surface area contributed by atoms with Gasteiger partial charge in [0.25, 0.3) is 0 Å². The first-order chi connectivity index (χ1) is 20.0. The van der Waals surface area contributed by atoms with Gasteiger partial charge in [-0.3, -0.25) is 9.88 Å². The summed E-state index contributed by atoms with van der Waals surface area (Å²) in [6.45, 7) is 5.19. The smallest absolute Gasteiger partial charge is 0.122 e. The Morgan fingerprint density at radius 2 is 1.54 bits per heavy atom. The number of nitrogens with zero attached hydrogens (tertiary/aromatic N) is 2. The van der Waals surface area contributed by atoms with E-state index in [-0.39, 0.29) is 0 Å². The van der Waals surface area contributed by atoms with Crippen LogP contribution in [-0.2, 0) is 6.42 Å². The molecule has 41 heavy (non-hydrogen) atoms. The molecule has 1 fully saturated rings. The minimum absolute atomic E-state index is 0.589. The molecular formula is C36H37N3O2. The van der Waals surface area contributed by atoms with E-state index < -0.39 is 5.60 Å². The first kappa shape index (κ1) is 27.0. The Bertz CT molecular complexity index is 1600. The first-order valence-corrected chi connectivity index (χ1v) is 14.5. The van der Waals surface area contributed by atoms with Gasteiger partial charge in [0.05, 0.1) is 11.1 Å². The van der Waals surface area contributed by atoms with E-state index in [1.807, 2.05) is 49.4 Å². The predicted molar refractivity (Wildman–Crippen MR) is 168 cm³/mol. The highest BCUT2D eigenvalue weighted by Crippen LogP contribution is 2.33. The van der Waals surface area contributed by atoms with Crippen molar-refractivity contribution < 1.29 is 9.84 Å². The normalized spacial score (nSPS) is 15.1. The third-order valence-corrected chi connectivity index (χ3v) is 7.98. The van der Waals surface area contributed by atoms with E-state index in [1.54, 1.807) is 0 Å². The lowest BCUT2D eigenvalue weighted by Crippen LogP contribution is -2.46. The number of aliphatic hydroxyl groups is 1. The van der Waals surface area contributed by atoms with Crippen molar-refractivity contribution in [2.24, 2.45) is 0 Å². The molecule has 5 heteroatoms. The summed E-state index contributed by atoms with van der Waals surface area (Å²) in [5.41, 5.74) is 6.77. The molecule has 1 aromatic heterocycles. The van der Waals surface area contributed by atoms with Crippen molar-refractivity contribution in [1.82, 2.24) is 9.88 Å². The molecule has 2 N–H and O–H groups in total. The summed E-state index contributed by atoms with van der Waals surface area (Å²) < 4.78 is 6.35. The Morgan fingerprint density at radius 3 is 2.32 bits per heavy atom. The minimum Gasteiger partial charge on any atom is -0.492 e. The van der Waals surface area contributed by atoms with Gasteiger partial charge in [0.2, 0.25) is 0 Å². The molecular weight excluding hydrogens is 506 g/mol. The van der Waals surface area contributed by atoms with Gasteiger partial charge < -0.3 is 15.2 Å². The summed E-state index contributed by atoms with van der Waals surface area (Å²) in [5.74, 6) is 0.835. The molecule has 0 radical (unpaired) electrons. The lowest BCUT2D eigenvalue weighted by atomic mass is 9.85. The fourth-order valence-corrected chi connectivity index (χ4v) is 5.76. The molecule has 0 amide bonds. The number of anilines is 2. The van der Waals surface area contributed by atoms with Gasteiger partial charge >= 0.3 is 0 Å². The van der Waals surface area contributed by atoms with E-state index in [1.165, 1.54) is 5.56 Å². The third-order valence-electron chi connectivity index (χ3n) is 7.98. The largest absolute Gasteiger partial charge is 0.492 e. The van der Waals surface area contributed by atoms with Crippen molar-refractivity contribution in [2.45, 2.75) is 31.8 Å². The highest BCUT2D eigenvalue weighted by atomic mass is 16.5. The van der Waals surface area contributed by atoms with Crippen molar-refractivity contribution >= 4 is 22.3 Å². The Morgan fingerprint density at radius 1 is 0.829 bits per heavy atom. The highest BCUT2D eigenvalue weighted by Gasteiger charge is 2.32.